The van der Waals surface area contributed by atoms with Crippen LogP contribution in [0.2, 0.25) is 5.02 Å². The third kappa shape index (κ3) is 7.99. The Kier molecular flexibility index (Phi) is 9.96. The van der Waals surface area contributed by atoms with Crippen LogP contribution in [-0.2, 0) is 26.2 Å². The van der Waals surface area contributed by atoms with Gasteiger partial charge in [-0.25, -0.2) is 8.42 Å². The topological polar surface area (TPSA) is 86.8 Å². The van der Waals surface area contributed by atoms with Gasteiger partial charge in [-0.3, -0.25) is 13.9 Å². The number of benzene rings is 2. The van der Waals surface area contributed by atoms with E-state index in [2.05, 4.69) is 21.2 Å². The average molecular weight is 573 g/mol. The third-order valence-electron chi connectivity index (χ3n) is 5.23. The van der Waals surface area contributed by atoms with E-state index in [1.54, 1.807) is 49.4 Å². The zero-order valence-electron chi connectivity index (χ0n) is 20.0. The highest BCUT2D eigenvalue weighted by atomic mass is 79.9. The lowest BCUT2D eigenvalue weighted by atomic mass is 10.1. The summed E-state index contributed by atoms with van der Waals surface area (Å²) in [5, 5.41) is 3.40. The Morgan fingerprint density at radius 1 is 1.09 bits per heavy atom. The summed E-state index contributed by atoms with van der Waals surface area (Å²) in [5.41, 5.74) is 1.98. The first-order valence-corrected chi connectivity index (χ1v) is 13.9. The summed E-state index contributed by atoms with van der Waals surface area (Å²) in [4.78, 5) is 27.7. The fourth-order valence-corrected chi connectivity index (χ4v) is 4.43. The molecule has 0 aliphatic carbocycles. The van der Waals surface area contributed by atoms with Gasteiger partial charge < -0.3 is 10.2 Å². The summed E-state index contributed by atoms with van der Waals surface area (Å²) in [6, 6.07) is 11.2. The van der Waals surface area contributed by atoms with E-state index in [0.717, 1.165) is 26.2 Å². The van der Waals surface area contributed by atoms with Gasteiger partial charge >= 0.3 is 0 Å². The fraction of sp³-hybridized carbons (Fsp3) is 0.417. The molecule has 34 heavy (non-hydrogen) atoms. The van der Waals surface area contributed by atoms with E-state index >= 15 is 0 Å². The number of sulfonamides is 1. The Morgan fingerprint density at radius 3 is 2.24 bits per heavy atom. The standard InChI is InChI=1S/C24H31BrClN3O4S/c1-16(2)13-27-24(31)18(4)28(14-19-6-8-20(26)9-7-19)23(30)15-29(34(5,32)33)21-10-11-22(25)17(3)12-21/h6-12,16,18H,13-15H2,1-5H3,(H,27,31)/t18-/m0/s1. The second-order valence-corrected chi connectivity index (χ2v) is 11.9. The minimum atomic E-state index is -3.77. The van der Waals surface area contributed by atoms with Crippen molar-refractivity contribution < 1.29 is 18.0 Å². The first-order chi connectivity index (χ1) is 15.8. The largest absolute Gasteiger partial charge is 0.354 e. The number of rotatable bonds is 10. The molecule has 1 N–H and O–H groups in total. The second-order valence-electron chi connectivity index (χ2n) is 8.67. The van der Waals surface area contributed by atoms with Gasteiger partial charge in [0, 0.05) is 22.6 Å². The highest BCUT2D eigenvalue weighted by Crippen LogP contribution is 2.25. The maximum absolute atomic E-state index is 13.5. The van der Waals surface area contributed by atoms with Gasteiger partial charge in [-0.2, -0.15) is 0 Å². The number of carbonyl (C=O) groups excluding carboxylic acids is 2. The van der Waals surface area contributed by atoms with Crippen molar-refractivity contribution in [2.45, 2.75) is 40.3 Å². The first kappa shape index (κ1) is 28.1. The van der Waals surface area contributed by atoms with Gasteiger partial charge in [-0.1, -0.05) is 53.5 Å². The van der Waals surface area contributed by atoms with Gasteiger partial charge in [0.25, 0.3) is 0 Å². The summed E-state index contributed by atoms with van der Waals surface area (Å²) in [6.45, 7) is 7.59. The molecule has 10 heteroatoms. The third-order valence-corrected chi connectivity index (χ3v) is 7.51. The molecular formula is C24H31BrClN3O4S. The summed E-state index contributed by atoms with van der Waals surface area (Å²) in [6.07, 6.45) is 1.06. The molecular weight excluding hydrogens is 542 g/mol. The van der Waals surface area contributed by atoms with Gasteiger partial charge in [0.15, 0.2) is 0 Å². The van der Waals surface area contributed by atoms with Crippen LogP contribution in [0, 0.1) is 12.8 Å². The number of nitrogens with one attached hydrogen (secondary N) is 1. The van der Waals surface area contributed by atoms with Gasteiger partial charge in [-0.15, -0.1) is 0 Å². The van der Waals surface area contributed by atoms with E-state index in [1.807, 2.05) is 20.8 Å². The van der Waals surface area contributed by atoms with Crippen LogP contribution in [0.3, 0.4) is 0 Å². The number of anilines is 1. The zero-order valence-corrected chi connectivity index (χ0v) is 23.2. The van der Waals surface area contributed by atoms with E-state index in [-0.39, 0.29) is 18.4 Å². The van der Waals surface area contributed by atoms with Gasteiger partial charge in [0.05, 0.1) is 11.9 Å². The Bertz CT molecular complexity index is 1120. The van der Waals surface area contributed by atoms with E-state index < -0.39 is 28.5 Å². The van der Waals surface area contributed by atoms with Crippen LogP contribution < -0.4 is 9.62 Å². The molecule has 7 nitrogen and oxygen atoms in total. The van der Waals surface area contributed by atoms with E-state index in [1.165, 1.54) is 4.90 Å². The SMILES string of the molecule is Cc1cc(N(CC(=O)N(Cc2ccc(Cl)cc2)[C@@H](C)C(=O)NCC(C)C)S(C)(=O)=O)ccc1Br. The average Bonchev–Trinajstić information content (AvgIpc) is 2.76. The fourth-order valence-electron chi connectivity index (χ4n) is 3.22. The Balaban J connectivity index is 2.37. The van der Waals surface area contributed by atoms with Gasteiger partial charge in [-0.05, 0) is 61.2 Å². The van der Waals surface area contributed by atoms with Crippen molar-refractivity contribution in [3.05, 3.63) is 63.1 Å². The van der Waals surface area contributed by atoms with Crippen molar-refractivity contribution in [2.24, 2.45) is 5.92 Å². The highest BCUT2D eigenvalue weighted by molar-refractivity contribution is 9.10. The van der Waals surface area contributed by atoms with Crippen LogP contribution in [0.15, 0.2) is 46.9 Å². The molecule has 0 radical (unpaired) electrons. The van der Waals surface area contributed by atoms with Crippen molar-refractivity contribution in [1.29, 1.82) is 0 Å². The van der Waals surface area contributed by atoms with Crippen LogP contribution >= 0.6 is 27.5 Å². The minimum absolute atomic E-state index is 0.128. The lowest BCUT2D eigenvalue weighted by Gasteiger charge is -2.31. The molecule has 0 unspecified atom stereocenters. The number of halogens is 2. The molecule has 186 valence electrons. The molecule has 0 fully saturated rings. The molecule has 1 atom stereocenters. The number of amides is 2. The molecule has 0 aliphatic heterocycles. The lowest BCUT2D eigenvalue weighted by molar-refractivity contribution is -0.139. The molecule has 2 aromatic rings. The maximum Gasteiger partial charge on any atom is 0.244 e. The monoisotopic (exact) mass is 571 g/mol. The molecule has 0 aromatic heterocycles. The summed E-state index contributed by atoms with van der Waals surface area (Å²) >= 11 is 9.39. The number of carbonyl (C=O) groups is 2. The van der Waals surface area contributed by atoms with E-state index in [0.29, 0.717) is 17.3 Å². The van der Waals surface area contributed by atoms with Crippen molar-refractivity contribution in [3.8, 4) is 0 Å². The first-order valence-electron chi connectivity index (χ1n) is 10.8. The Labute approximate surface area is 215 Å². The zero-order chi connectivity index (χ0) is 25.6. The van der Waals surface area contributed by atoms with E-state index in [4.69, 9.17) is 11.6 Å². The van der Waals surface area contributed by atoms with E-state index in [9.17, 15) is 18.0 Å². The van der Waals surface area contributed by atoms with Crippen molar-refractivity contribution in [2.75, 3.05) is 23.7 Å². The summed E-state index contributed by atoms with van der Waals surface area (Å²) < 4.78 is 27.1. The van der Waals surface area contributed by atoms with Crippen LogP contribution in [-0.4, -0.2) is 50.5 Å². The number of hydrogen-bond acceptors (Lipinski definition) is 4. The van der Waals surface area contributed by atoms with Crippen LogP contribution in [0.5, 0.6) is 0 Å². The number of hydrogen-bond donors (Lipinski definition) is 1. The highest BCUT2D eigenvalue weighted by Gasteiger charge is 2.30. The van der Waals surface area contributed by atoms with Gasteiger partial charge in [0.1, 0.15) is 12.6 Å². The number of aryl methyl sites for hydroxylation is 1. The van der Waals surface area contributed by atoms with Crippen molar-refractivity contribution in [1.82, 2.24) is 10.2 Å². The smallest absolute Gasteiger partial charge is 0.244 e. The molecule has 0 aliphatic rings. The molecule has 0 spiro atoms. The van der Waals surface area contributed by atoms with Gasteiger partial charge in [0.2, 0.25) is 21.8 Å². The lowest BCUT2D eigenvalue weighted by Crippen LogP contribution is -2.51. The minimum Gasteiger partial charge on any atom is -0.354 e. The molecule has 2 rings (SSSR count). The van der Waals surface area contributed by atoms with Crippen LogP contribution in [0.1, 0.15) is 31.9 Å². The maximum atomic E-state index is 13.5. The molecule has 0 saturated heterocycles. The molecule has 0 bridgehead atoms. The predicted molar refractivity (Wildman–Crippen MR) is 140 cm³/mol. The summed E-state index contributed by atoms with van der Waals surface area (Å²) in [7, 11) is -3.77. The second kappa shape index (κ2) is 12.0. The van der Waals surface area contributed by atoms with Crippen molar-refractivity contribution >= 4 is 55.1 Å². The quantitative estimate of drug-likeness (QED) is 0.458. The van der Waals surface area contributed by atoms with Crippen molar-refractivity contribution in [3.63, 3.8) is 0 Å². The Morgan fingerprint density at radius 2 is 1.71 bits per heavy atom. The summed E-state index contributed by atoms with van der Waals surface area (Å²) in [5.74, 6) is -0.549. The normalized spacial score (nSPS) is 12.4. The van der Waals surface area contributed by atoms with Crippen LogP contribution in [0.25, 0.3) is 0 Å². The Hall–Kier alpha value is -2.10. The molecule has 2 aromatic carbocycles. The molecule has 2 amide bonds. The number of nitrogens with zero attached hydrogens (tertiary/aromatic N) is 2. The molecule has 0 saturated carbocycles. The molecule has 0 heterocycles. The van der Waals surface area contributed by atoms with Crippen LogP contribution in [0.4, 0.5) is 5.69 Å². The predicted octanol–water partition coefficient (Wildman–Crippen LogP) is 4.37.